The molecule has 0 bridgehead atoms. The van der Waals surface area contributed by atoms with Gasteiger partial charge in [-0.2, -0.15) is 0 Å². The highest BCUT2D eigenvalue weighted by Gasteiger charge is 2.36. The van der Waals surface area contributed by atoms with Crippen LogP contribution in [0.1, 0.15) is 39.5 Å². The molecule has 0 fully saturated rings. The minimum Gasteiger partial charge on any atom is -0.478 e. The SMILES string of the molecule is C=C(C(=O)O)C1CCC(C)C2=C(C1)C(C)CC2=O. The van der Waals surface area contributed by atoms with Gasteiger partial charge in [0.15, 0.2) is 5.78 Å². The van der Waals surface area contributed by atoms with Crippen LogP contribution in [0.3, 0.4) is 0 Å². The van der Waals surface area contributed by atoms with Crippen molar-refractivity contribution in [2.75, 3.05) is 0 Å². The van der Waals surface area contributed by atoms with E-state index in [1.165, 1.54) is 5.57 Å². The summed E-state index contributed by atoms with van der Waals surface area (Å²) in [4.78, 5) is 23.0. The van der Waals surface area contributed by atoms with E-state index in [1.807, 2.05) is 0 Å². The number of Topliss-reactive ketones (excluding diaryl/α,β-unsaturated/α-hetero) is 1. The van der Waals surface area contributed by atoms with Gasteiger partial charge in [0.2, 0.25) is 0 Å². The summed E-state index contributed by atoms with van der Waals surface area (Å²) in [6, 6.07) is 0. The van der Waals surface area contributed by atoms with Crippen LogP contribution < -0.4 is 0 Å². The van der Waals surface area contributed by atoms with Gasteiger partial charge in [-0.1, -0.05) is 26.0 Å². The Labute approximate surface area is 108 Å². The van der Waals surface area contributed by atoms with Gasteiger partial charge in [-0.25, -0.2) is 4.79 Å². The Morgan fingerprint density at radius 1 is 1.22 bits per heavy atom. The van der Waals surface area contributed by atoms with E-state index < -0.39 is 5.97 Å². The van der Waals surface area contributed by atoms with Crippen LogP contribution in [-0.2, 0) is 9.59 Å². The summed E-state index contributed by atoms with van der Waals surface area (Å²) in [7, 11) is 0. The fourth-order valence-electron chi connectivity index (χ4n) is 3.29. The van der Waals surface area contributed by atoms with Crippen LogP contribution in [0.2, 0.25) is 0 Å². The van der Waals surface area contributed by atoms with E-state index in [1.54, 1.807) is 0 Å². The van der Waals surface area contributed by atoms with Crippen molar-refractivity contribution in [3.63, 3.8) is 0 Å². The van der Waals surface area contributed by atoms with E-state index in [0.717, 1.165) is 18.4 Å². The molecule has 0 saturated carbocycles. The Morgan fingerprint density at radius 3 is 2.50 bits per heavy atom. The fraction of sp³-hybridized carbons (Fsp3) is 0.600. The third-order valence-corrected chi connectivity index (χ3v) is 4.41. The van der Waals surface area contributed by atoms with E-state index in [-0.39, 0.29) is 23.5 Å². The van der Waals surface area contributed by atoms with Crippen molar-refractivity contribution in [2.24, 2.45) is 17.8 Å². The van der Waals surface area contributed by atoms with Crippen molar-refractivity contribution in [1.82, 2.24) is 0 Å². The monoisotopic (exact) mass is 248 g/mol. The second-order valence-electron chi connectivity index (χ2n) is 5.68. The molecule has 3 nitrogen and oxygen atoms in total. The minimum absolute atomic E-state index is 0.00852. The second kappa shape index (κ2) is 4.71. The fourth-order valence-corrected chi connectivity index (χ4v) is 3.29. The third-order valence-electron chi connectivity index (χ3n) is 4.41. The number of carbonyl (C=O) groups is 2. The Morgan fingerprint density at radius 2 is 1.89 bits per heavy atom. The molecular weight excluding hydrogens is 228 g/mol. The van der Waals surface area contributed by atoms with Crippen molar-refractivity contribution in [1.29, 1.82) is 0 Å². The number of aliphatic carboxylic acids is 1. The van der Waals surface area contributed by atoms with Gasteiger partial charge in [-0.15, -0.1) is 0 Å². The summed E-state index contributed by atoms with van der Waals surface area (Å²) in [6.45, 7) is 7.84. The maximum absolute atomic E-state index is 12.0. The Balaban J connectivity index is 2.30. The van der Waals surface area contributed by atoms with Gasteiger partial charge in [-0.3, -0.25) is 4.79 Å². The molecule has 0 amide bonds. The molecule has 1 N–H and O–H groups in total. The maximum atomic E-state index is 12.0. The normalized spacial score (nSPS) is 32.1. The molecule has 2 rings (SSSR count). The number of hydrogen-bond donors (Lipinski definition) is 1. The first-order chi connectivity index (χ1) is 8.41. The van der Waals surface area contributed by atoms with Crippen molar-refractivity contribution >= 4 is 11.8 Å². The molecule has 0 spiro atoms. The molecule has 2 aliphatic carbocycles. The first kappa shape index (κ1) is 13.1. The molecule has 3 unspecified atom stereocenters. The van der Waals surface area contributed by atoms with Gasteiger partial charge in [0.25, 0.3) is 0 Å². The van der Waals surface area contributed by atoms with Gasteiger partial charge >= 0.3 is 5.97 Å². The standard InChI is InChI=1S/C15H20O3/c1-8-4-5-11(10(3)15(17)18)7-12-9(2)6-13(16)14(8)12/h8-9,11H,3-7H2,1-2H3,(H,17,18). The van der Waals surface area contributed by atoms with Crippen LogP contribution in [0.25, 0.3) is 0 Å². The summed E-state index contributed by atoms with van der Waals surface area (Å²) in [5.74, 6) is -0.104. The number of carboxylic acids is 1. The van der Waals surface area contributed by atoms with Gasteiger partial charge < -0.3 is 5.11 Å². The number of allylic oxidation sites excluding steroid dienone is 2. The van der Waals surface area contributed by atoms with Gasteiger partial charge in [0.05, 0.1) is 0 Å². The molecular formula is C15H20O3. The number of carbonyl (C=O) groups excluding carboxylic acids is 1. The van der Waals surface area contributed by atoms with Crippen LogP contribution >= 0.6 is 0 Å². The van der Waals surface area contributed by atoms with E-state index in [4.69, 9.17) is 5.11 Å². The predicted octanol–water partition coefficient (Wildman–Crippen LogP) is 2.97. The molecule has 0 saturated heterocycles. The first-order valence-corrected chi connectivity index (χ1v) is 6.60. The maximum Gasteiger partial charge on any atom is 0.331 e. The van der Waals surface area contributed by atoms with Gasteiger partial charge in [-0.05, 0) is 42.6 Å². The zero-order chi connectivity index (χ0) is 13.4. The summed E-state index contributed by atoms with van der Waals surface area (Å²) in [5.41, 5.74) is 2.48. The van der Waals surface area contributed by atoms with Crippen LogP contribution in [0, 0.1) is 17.8 Å². The second-order valence-corrected chi connectivity index (χ2v) is 5.68. The molecule has 0 aromatic heterocycles. The third kappa shape index (κ3) is 2.14. The Hall–Kier alpha value is -1.38. The van der Waals surface area contributed by atoms with Crippen LogP contribution in [0.4, 0.5) is 0 Å². The quantitative estimate of drug-likeness (QED) is 0.764. The molecule has 18 heavy (non-hydrogen) atoms. The van der Waals surface area contributed by atoms with Crippen LogP contribution in [0.5, 0.6) is 0 Å². The van der Waals surface area contributed by atoms with Crippen molar-refractivity contribution in [2.45, 2.75) is 39.5 Å². The number of rotatable bonds is 2. The summed E-state index contributed by atoms with van der Waals surface area (Å²) < 4.78 is 0. The lowest BCUT2D eigenvalue weighted by molar-refractivity contribution is -0.133. The largest absolute Gasteiger partial charge is 0.478 e. The molecule has 3 heteroatoms. The smallest absolute Gasteiger partial charge is 0.331 e. The first-order valence-electron chi connectivity index (χ1n) is 6.60. The Bertz CT molecular complexity index is 445. The highest BCUT2D eigenvalue weighted by molar-refractivity contribution is 5.99. The topological polar surface area (TPSA) is 54.4 Å². The lowest BCUT2D eigenvalue weighted by Crippen LogP contribution is -2.13. The van der Waals surface area contributed by atoms with Crippen LogP contribution in [-0.4, -0.2) is 16.9 Å². The van der Waals surface area contributed by atoms with E-state index in [9.17, 15) is 9.59 Å². The summed E-state index contributed by atoms with van der Waals surface area (Å²) in [6.07, 6.45) is 3.01. The zero-order valence-corrected chi connectivity index (χ0v) is 11.0. The highest BCUT2D eigenvalue weighted by atomic mass is 16.4. The lowest BCUT2D eigenvalue weighted by Gasteiger charge is -2.17. The van der Waals surface area contributed by atoms with Crippen molar-refractivity contribution in [3.8, 4) is 0 Å². The average Bonchev–Trinajstić information content (AvgIpc) is 2.48. The minimum atomic E-state index is -0.909. The van der Waals surface area contributed by atoms with Crippen molar-refractivity contribution in [3.05, 3.63) is 23.3 Å². The van der Waals surface area contributed by atoms with E-state index in [0.29, 0.717) is 18.4 Å². The highest BCUT2D eigenvalue weighted by Crippen LogP contribution is 2.43. The van der Waals surface area contributed by atoms with Crippen LogP contribution in [0.15, 0.2) is 23.3 Å². The predicted molar refractivity (Wildman–Crippen MR) is 69.1 cm³/mol. The molecule has 98 valence electrons. The summed E-state index contributed by atoms with van der Waals surface area (Å²) in [5, 5.41) is 9.07. The average molecular weight is 248 g/mol. The van der Waals surface area contributed by atoms with Gasteiger partial charge in [0.1, 0.15) is 0 Å². The van der Waals surface area contributed by atoms with Crippen molar-refractivity contribution < 1.29 is 14.7 Å². The molecule has 0 heterocycles. The molecule has 0 radical (unpaired) electrons. The lowest BCUT2D eigenvalue weighted by atomic mass is 9.87. The Kier molecular flexibility index (Phi) is 3.42. The molecule has 2 aliphatic rings. The number of hydrogen-bond acceptors (Lipinski definition) is 2. The van der Waals surface area contributed by atoms with E-state index in [2.05, 4.69) is 20.4 Å². The summed E-state index contributed by atoms with van der Waals surface area (Å²) >= 11 is 0. The molecule has 0 aliphatic heterocycles. The van der Waals surface area contributed by atoms with E-state index >= 15 is 0 Å². The number of carboxylic acid groups (broad SMARTS) is 1. The molecule has 0 aromatic rings. The number of ketones is 1. The van der Waals surface area contributed by atoms with Gasteiger partial charge in [0, 0.05) is 12.0 Å². The zero-order valence-electron chi connectivity index (χ0n) is 11.0. The molecule has 3 atom stereocenters. The molecule has 0 aromatic carbocycles.